The van der Waals surface area contributed by atoms with E-state index < -0.39 is 0 Å². The summed E-state index contributed by atoms with van der Waals surface area (Å²) in [6.07, 6.45) is 3.53. The van der Waals surface area contributed by atoms with Gasteiger partial charge in [0.25, 0.3) is 0 Å². The van der Waals surface area contributed by atoms with Gasteiger partial charge in [-0.15, -0.1) is 0 Å². The molecule has 0 unspecified atom stereocenters. The maximum atomic E-state index is 12.1. The van der Waals surface area contributed by atoms with Gasteiger partial charge in [0.1, 0.15) is 0 Å². The molecule has 0 spiro atoms. The second kappa shape index (κ2) is 7.22. The molecule has 0 saturated heterocycles. The summed E-state index contributed by atoms with van der Waals surface area (Å²) in [4.78, 5) is 14.0. The Hall–Kier alpha value is -2.14. The van der Waals surface area contributed by atoms with E-state index in [1.807, 2.05) is 36.7 Å². The van der Waals surface area contributed by atoms with Crippen molar-refractivity contribution in [2.45, 2.75) is 33.4 Å². The number of carbonyl (C=O) groups is 1. The van der Waals surface area contributed by atoms with Gasteiger partial charge in [-0.1, -0.05) is 29.8 Å². The maximum Gasteiger partial charge on any atom is 0.238 e. The number of likely N-dealkylation sites (N-methyl/N-ethyl adjacent to an activating group) is 1. The predicted octanol–water partition coefficient (Wildman–Crippen LogP) is 2.84. The molecule has 0 bridgehead atoms. The molecule has 1 aromatic carbocycles. The molecule has 5 nitrogen and oxygen atoms in total. The molecule has 22 heavy (non-hydrogen) atoms. The Labute approximate surface area is 131 Å². The smallest absolute Gasteiger partial charge is 0.238 e. The normalized spacial score (nSPS) is 11.2. The van der Waals surface area contributed by atoms with E-state index in [4.69, 9.17) is 0 Å². The third kappa shape index (κ3) is 4.70. The van der Waals surface area contributed by atoms with Gasteiger partial charge < -0.3 is 5.32 Å². The lowest BCUT2D eigenvalue weighted by atomic mass is 10.1. The minimum atomic E-state index is -0.0297. The van der Waals surface area contributed by atoms with Crippen LogP contribution in [0.1, 0.15) is 31.0 Å². The van der Waals surface area contributed by atoms with E-state index in [1.54, 1.807) is 6.20 Å². The van der Waals surface area contributed by atoms with Crippen LogP contribution in [0.2, 0.25) is 0 Å². The fraction of sp³-hybridized carbons (Fsp3) is 0.412. The van der Waals surface area contributed by atoms with Crippen LogP contribution in [0.3, 0.4) is 0 Å². The molecule has 1 amide bonds. The standard InChI is InChI=1S/C17H24N4O/c1-13(2)21-11-16(9-18-21)19-17(22)12-20(4)10-15-7-5-14(3)6-8-15/h5-9,11,13H,10,12H2,1-4H3,(H,19,22). The summed E-state index contributed by atoms with van der Waals surface area (Å²) in [5, 5.41) is 7.09. The minimum Gasteiger partial charge on any atom is -0.322 e. The van der Waals surface area contributed by atoms with Gasteiger partial charge in [-0.25, -0.2) is 0 Å². The summed E-state index contributed by atoms with van der Waals surface area (Å²) in [6, 6.07) is 8.65. The number of anilines is 1. The molecule has 2 aromatic rings. The average molecular weight is 300 g/mol. The van der Waals surface area contributed by atoms with E-state index in [0.29, 0.717) is 6.54 Å². The summed E-state index contributed by atoms with van der Waals surface area (Å²) in [5.74, 6) is -0.0297. The van der Waals surface area contributed by atoms with Crippen molar-refractivity contribution < 1.29 is 4.79 Å². The Morgan fingerprint density at radius 3 is 2.59 bits per heavy atom. The van der Waals surface area contributed by atoms with Crippen LogP contribution in [-0.4, -0.2) is 34.2 Å². The number of benzene rings is 1. The van der Waals surface area contributed by atoms with Crippen molar-refractivity contribution >= 4 is 11.6 Å². The van der Waals surface area contributed by atoms with Gasteiger partial charge in [0.2, 0.25) is 5.91 Å². The van der Waals surface area contributed by atoms with E-state index in [1.165, 1.54) is 11.1 Å². The molecule has 1 aromatic heterocycles. The SMILES string of the molecule is Cc1ccc(CN(C)CC(=O)Nc2cnn(C(C)C)c2)cc1. The van der Waals surface area contributed by atoms with Gasteiger partial charge in [-0.2, -0.15) is 5.10 Å². The number of aromatic nitrogens is 2. The van der Waals surface area contributed by atoms with Crippen molar-refractivity contribution in [1.29, 1.82) is 0 Å². The van der Waals surface area contributed by atoms with Crippen LogP contribution < -0.4 is 5.32 Å². The topological polar surface area (TPSA) is 50.2 Å². The lowest BCUT2D eigenvalue weighted by molar-refractivity contribution is -0.117. The fourth-order valence-corrected chi connectivity index (χ4v) is 2.19. The number of rotatable bonds is 6. The van der Waals surface area contributed by atoms with E-state index in [0.717, 1.165) is 12.2 Å². The fourth-order valence-electron chi connectivity index (χ4n) is 2.19. The number of hydrogen-bond acceptors (Lipinski definition) is 3. The van der Waals surface area contributed by atoms with E-state index in [9.17, 15) is 4.79 Å². The van der Waals surface area contributed by atoms with Crippen molar-refractivity contribution in [1.82, 2.24) is 14.7 Å². The van der Waals surface area contributed by atoms with Crippen molar-refractivity contribution in [3.8, 4) is 0 Å². The summed E-state index contributed by atoms with van der Waals surface area (Å²) in [7, 11) is 1.94. The van der Waals surface area contributed by atoms with Crippen molar-refractivity contribution in [2.24, 2.45) is 0 Å². The third-order valence-electron chi connectivity index (χ3n) is 3.40. The first-order chi connectivity index (χ1) is 10.4. The van der Waals surface area contributed by atoms with E-state index in [2.05, 4.69) is 41.6 Å². The molecule has 0 fully saturated rings. The molecule has 5 heteroatoms. The van der Waals surface area contributed by atoms with Crippen LogP contribution in [0.25, 0.3) is 0 Å². The van der Waals surface area contributed by atoms with Crippen LogP contribution in [-0.2, 0) is 11.3 Å². The van der Waals surface area contributed by atoms with Gasteiger partial charge >= 0.3 is 0 Å². The first-order valence-electron chi connectivity index (χ1n) is 7.52. The average Bonchev–Trinajstić information content (AvgIpc) is 2.89. The van der Waals surface area contributed by atoms with Gasteiger partial charge in [-0.3, -0.25) is 14.4 Å². The van der Waals surface area contributed by atoms with Crippen LogP contribution in [0.5, 0.6) is 0 Å². The summed E-state index contributed by atoms with van der Waals surface area (Å²) < 4.78 is 1.83. The van der Waals surface area contributed by atoms with Crippen molar-refractivity contribution in [3.05, 3.63) is 47.8 Å². The Morgan fingerprint density at radius 2 is 2.00 bits per heavy atom. The Bertz CT molecular complexity index is 616. The largest absolute Gasteiger partial charge is 0.322 e. The molecule has 0 radical (unpaired) electrons. The highest BCUT2D eigenvalue weighted by Crippen LogP contribution is 2.10. The molecule has 0 atom stereocenters. The number of nitrogens with zero attached hydrogens (tertiary/aromatic N) is 3. The number of nitrogens with one attached hydrogen (secondary N) is 1. The zero-order valence-corrected chi connectivity index (χ0v) is 13.7. The Kier molecular flexibility index (Phi) is 5.33. The van der Waals surface area contributed by atoms with Crippen molar-refractivity contribution in [3.63, 3.8) is 0 Å². The van der Waals surface area contributed by atoms with Gasteiger partial charge in [0.05, 0.1) is 18.4 Å². The third-order valence-corrected chi connectivity index (χ3v) is 3.40. The van der Waals surface area contributed by atoms with Crippen LogP contribution in [0.4, 0.5) is 5.69 Å². The molecule has 118 valence electrons. The number of amides is 1. The molecule has 0 aliphatic heterocycles. The van der Waals surface area contributed by atoms with Gasteiger partial charge in [0, 0.05) is 18.8 Å². The number of carbonyl (C=O) groups excluding carboxylic acids is 1. The van der Waals surface area contributed by atoms with Gasteiger partial charge in [-0.05, 0) is 33.4 Å². The van der Waals surface area contributed by atoms with Crippen LogP contribution >= 0.6 is 0 Å². The highest BCUT2D eigenvalue weighted by Gasteiger charge is 2.09. The second-order valence-electron chi connectivity index (χ2n) is 6.01. The predicted molar refractivity (Wildman–Crippen MR) is 88.8 cm³/mol. The number of aryl methyl sites for hydroxylation is 1. The molecule has 0 saturated carbocycles. The highest BCUT2D eigenvalue weighted by molar-refractivity contribution is 5.91. The monoisotopic (exact) mass is 300 g/mol. The minimum absolute atomic E-state index is 0.0297. The second-order valence-corrected chi connectivity index (χ2v) is 6.01. The Balaban J connectivity index is 1.84. The molecule has 1 N–H and O–H groups in total. The van der Waals surface area contributed by atoms with Crippen LogP contribution in [0, 0.1) is 6.92 Å². The molecule has 0 aliphatic rings. The quantitative estimate of drug-likeness (QED) is 0.892. The summed E-state index contributed by atoms with van der Waals surface area (Å²) in [6.45, 7) is 7.26. The van der Waals surface area contributed by atoms with E-state index >= 15 is 0 Å². The zero-order valence-electron chi connectivity index (χ0n) is 13.7. The molecular formula is C17H24N4O. The first kappa shape index (κ1) is 16.2. The lowest BCUT2D eigenvalue weighted by Gasteiger charge is -2.16. The summed E-state index contributed by atoms with van der Waals surface area (Å²) in [5.41, 5.74) is 3.18. The lowest BCUT2D eigenvalue weighted by Crippen LogP contribution is -2.29. The molecular weight excluding hydrogens is 276 g/mol. The molecule has 1 heterocycles. The first-order valence-corrected chi connectivity index (χ1v) is 7.52. The van der Waals surface area contributed by atoms with E-state index in [-0.39, 0.29) is 11.9 Å². The Morgan fingerprint density at radius 1 is 1.32 bits per heavy atom. The van der Waals surface area contributed by atoms with Crippen molar-refractivity contribution in [2.75, 3.05) is 18.9 Å². The summed E-state index contributed by atoms with van der Waals surface area (Å²) >= 11 is 0. The zero-order chi connectivity index (χ0) is 16.1. The molecule has 0 aliphatic carbocycles. The highest BCUT2D eigenvalue weighted by atomic mass is 16.2. The van der Waals surface area contributed by atoms with Crippen LogP contribution in [0.15, 0.2) is 36.7 Å². The maximum absolute atomic E-state index is 12.1. The van der Waals surface area contributed by atoms with Gasteiger partial charge in [0.15, 0.2) is 0 Å². The number of hydrogen-bond donors (Lipinski definition) is 1. The molecule has 2 rings (SSSR count).